The van der Waals surface area contributed by atoms with Gasteiger partial charge in [-0.2, -0.15) is 0 Å². The van der Waals surface area contributed by atoms with Crippen LogP contribution in [0.4, 0.5) is 5.13 Å². The SMILES string of the molecule is Cc1nnc(NC(=O)Cn2cnccc2=O)s1. The molecule has 0 aromatic carbocycles. The highest BCUT2D eigenvalue weighted by Gasteiger charge is 2.07. The summed E-state index contributed by atoms with van der Waals surface area (Å²) in [6.45, 7) is 1.70. The molecule has 88 valence electrons. The highest BCUT2D eigenvalue weighted by molar-refractivity contribution is 7.15. The van der Waals surface area contributed by atoms with E-state index in [0.29, 0.717) is 5.13 Å². The highest BCUT2D eigenvalue weighted by Crippen LogP contribution is 2.13. The van der Waals surface area contributed by atoms with E-state index in [2.05, 4.69) is 20.5 Å². The molecule has 0 aliphatic carbocycles. The first-order valence-corrected chi connectivity index (χ1v) is 5.57. The zero-order valence-corrected chi connectivity index (χ0v) is 9.77. The molecule has 0 radical (unpaired) electrons. The Morgan fingerprint density at radius 2 is 2.35 bits per heavy atom. The van der Waals surface area contributed by atoms with E-state index in [1.165, 1.54) is 34.5 Å². The number of carbonyl (C=O) groups is 1. The monoisotopic (exact) mass is 251 g/mol. The van der Waals surface area contributed by atoms with Gasteiger partial charge in [-0.25, -0.2) is 4.98 Å². The third-order valence-electron chi connectivity index (χ3n) is 1.88. The first-order valence-electron chi connectivity index (χ1n) is 4.75. The third kappa shape index (κ3) is 2.94. The van der Waals surface area contributed by atoms with Gasteiger partial charge in [0.2, 0.25) is 11.0 Å². The molecule has 0 aliphatic heterocycles. The minimum Gasteiger partial charge on any atom is -0.299 e. The van der Waals surface area contributed by atoms with Crippen molar-refractivity contribution in [2.24, 2.45) is 0 Å². The van der Waals surface area contributed by atoms with E-state index in [1.807, 2.05) is 0 Å². The Morgan fingerprint density at radius 3 is 3.00 bits per heavy atom. The van der Waals surface area contributed by atoms with E-state index < -0.39 is 0 Å². The van der Waals surface area contributed by atoms with Crippen molar-refractivity contribution in [1.82, 2.24) is 19.7 Å². The predicted octanol–water partition coefficient (Wildman–Crippen LogP) is 0.0419. The molecule has 0 saturated carbocycles. The van der Waals surface area contributed by atoms with E-state index in [9.17, 15) is 9.59 Å². The molecule has 0 bridgehead atoms. The molecule has 7 nitrogen and oxygen atoms in total. The van der Waals surface area contributed by atoms with Crippen LogP contribution >= 0.6 is 11.3 Å². The summed E-state index contributed by atoms with van der Waals surface area (Å²) >= 11 is 1.27. The molecular formula is C9H9N5O2S. The fourth-order valence-corrected chi connectivity index (χ4v) is 1.77. The van der Waals surface area contributed by atoms with Crippen LogP contribution in [-0.2, 0) is 11.3 Å². The molecular weight excluding hydrogens is 242 g/mol. The van der Waals surface area contributed by atoms with Crippen molar-refractivity contribution in [3.8, 4) is 0 Å². The Kier molecular flexibility index (Phi) is 3.24. The maximum atomic E-state index is 11.6. The Balaban J connectivity index is 2.03. The van der Waals surface area contributed by atoms with Gasteiger partial charge in [-0.05, 0) is 6.92 Å². The first kappa shape index (κ1) is 11.4. The number of carbonyl (C=O) groups excluding carboxylic acids is 1. The lowest BCUT2D eigenvalue weighted by molar-refractivity contribution is -0.116. The summed E-state index contributed by atoms with van der Waals surface area (Å²) in [5.74, 6) is -0.337. The van der Waals surface area contributed by atoms with Gasteiger partial charge in [0, 0.05) is 12.3 Å². The van der Waals surface area contributed by atoms with Crippen LogP contribution in [0.2, 0.25) is 0 Å². The Labute approximate surface area is 100 Å². The lowest BCUT2D eigenvalue weighted by Gasteiger charge is -2.03. The Morgan fingerprint density at radius 1 is 1.53 bits per heavy atom. The van der Waals surface area contributed by atoms with Gasteiger partial charge in [0.15, 0.2) is 0 Å². The summed E-state index contributed by atoms with van der Waals surface area (Å²) in [6.07, 6.45) is 2.69. The molecule has 0 fully saturated rings. The summed E-state index contributed by atoms with van der Waals surface area (Å²) in [6, 6.07) is 1.29. The normalized spacial score (nSPS) is 10.2. The standard InChI is InChI=1S/C9H9N5O2S/c1-6-12-13-9(17-6)11-7(15)4-14-5-10-3-2-8(14)16/h2-3,5H,4H2,1H3,(H,11,13,15). The Hall–Kier alpha value is -2.09. The molecule has 0 spiro atoms. The third-order valence-corrected chi connectivity index (χ3v) is 2.63. The molecule has 2 aromatic heterocycles. The first-order chi connectivity index (χ1) is 8.15. The minimum atomic E-state index is -0.337. The molecule has 8 heteroatoms. The summed E-state index contributed by atoms with van der Waals surface area (Å²) < 4.78 is 1.21. The van der Waals surface area contributed by atoms with Crippen LogP contribution in [-0.4, -0.2) is 25.7 Å². The van der Waals surface area contributed by atoms with Crippen LogP contribution in [0, 0.1) is 6.92 Å². The quantitative estimate of drug-likeness (QED) is 0.832. The number of rotatable bonds is 3. The molecule has 0 unspecified atom stereocenters. The number of hydrogen-bond donors (Lipinski definition) is 1. The van der Waals surface area contributed by atoms with E-state index >= 15 is 0 Å². The molecule has 17 heavy (non-hydrogen) atoms. The molecule has 0 aliphatic rings. The average Bonchev–Trinajstić information content (AvgIpc) is 2.67. The maximum Gasteiger partial charge on any atom is 0.253 e. The molecule has 0 atom stereocenters. The number of aromatic nitrogens is 4. The zero-order valence-electron chi connectivity index (χ0n) is 8.95. The van der Waals surface area contributed by atoms with Crippen molar-refractivity contribution in [3.05, 3.63) is 34.0 Å². The van der Waals surface area contributed by atoms with Crippen molar-refractivity contribution < 1.29 is 4.79 Å². The number of anilines is 1. The van der Waals surface area contributed by atoms with E-state index in [0.717, 1.165) is 5.01 Å². The minimum absolute atomic E-state index is 0.0920. The van der Waals surface area contributed by atoms with Gasteiger partial charge in [0.1, 0.15) is 11.6 Å². The summed E-state index contributed by atoms with van der Waals surface area (Å²) in [5, 5.41) is 11.3. The number of nitrogens with one attached hydrogen (secondary N) is 1. The van der Waals surface area contributed by atoms with Gasteiger partial charge in [-0.3, -0.25) is 19.5 Å². The van der Waals surface area contributed by atoms with Crippen molar-refractivity contribution in [2.75, 3.05) is 5.32 Å². The van der Waals surface area contributed by atoms with Crippen LogP contribution < -0.4 is 10.9 Å². The summed E-state index contributed by atoms with van der Waals surface area (Å²) in [4.78, 5) is 26.7. The highest BCUT2D eigenvalue weighted by atomic mass is 32.1. The maximum absolute atomic E-state index is 11.6. The largest absolute Gasteiger partial charge is 0.299 e. The van der Waals surface area contributed by atoms with Crippen LogP contribution in [0.5, 0.6) is 0 Å². The second-order valence-electron chi connectivity index (χ2n) is 3.22. The number of nitrogens with zero attached hydrogens (tertiary/aromatic N) is 4. The van der Waals surface area contributed by atoms with Crippen LogP contribution in [0.1, 0.15) is 5.01 Å². The summed E-state index contributed by atoms with van der Waals surface area (Å²) in [5.41, 5.74) is -0.274. The van der Waals surface area contributed by atoms with Gasteiger partial charge in [-0.15, -0.1) is 10.2 Å². The average molecular weight is 251 g/mol. The zero-order chi connectivity index (χ0) is 12.3. The van der Waals surface area contributed by atoms with E-state index in [4.69, 9.17) is 0 Å². The van der Waals surface area contributed by atoms with Gasteiger partial charge < -0.3 is 0 Å². The predicted molar refractivity (Wildman–Crippen MR) is 61.8 cm³/mol. The van der Waals surface area contributed by atoms with Crippen LogP contribution in [0.15, 0.2) is 23.4 Å². The van der Waals surface area contributed by atoms with Gasteiger partial charge in [-0.1, -0.05) is 11.3 Å². The number of amides is 1. The lowest BCUT2D eigenvalue weighted by Crippen LogP contribution is -2.26. The molecule has 2 heterocycles. The Bertz CT molecular complexity index is 591. The van der Waals surface area contributed by atoms with Gasteiger partial charge in [0.05, 0.1) is 6.33 Å². The van der Waals surface area contributed by atoms with Gasteiger partial charge in [0.25, 0.3) is 5.56 Å². The fourth-order valence-electron chi connectivity index (χ4n) is 1.16. The van der Waals surface area contributed by atoms with Crippen molar-refractivity contribution in [1.29, 1.82) is 0 Å². The fraction of sp³-hybridized carbons (Fsp3) is 0.222. The molecule has 2 rings (SSSR count). The topological polar surface area (TPSA) is 89.8 Å². The van der Waals surface area contributed by atoms with Crippen LogP contribution in [0.3, 0.4) is 0 Å². The second kappa shape index (κ2) is 4.83. The lowest BCUT2D eigenvalue weighted by atomic mass is 10.5. The van der Waals surface area contributed by atoms with Gasteiger partial charge >= 0.3 is 0 Å². The molecule has 0 saturated heterocycles. The summed E-state index contributed by atoms with van der Waals surface area (Å²) in [7, 11) is 0. The van der Waals surface area contributed by atoms with Crippen molar-refractivity contribution in [2.45, 2.75) is 13.5 Å². The van der Waals surface area contributed by atoms with E-state index in [1.54, 1.807) is 6.92 Å². The number of aryl methyl sites for hydroxylation is 1. The number of hydrogen-bond acceptors (Lipinski definition) is 6. The van der Waals surface area contributed by atoms with E-state index in [-0.39, 0.29) is 18.0 Å². The molecule has 1 amide bonds. The van der Waals surface area contributed by atoms with Crippen LogP contribution in [0.25, 0.3) is 0 Å². The smallest absolute Gasteiger partial charge is 0.253 e. The molecule has 1 N–H and O–H groups in total. The molecule has 2 aromatic rings. The van der Waals surface area contributed by atoms with Crippen molar-refractivity contribution in [3.63, 3.8) is 0 Å². The van der Waals surface area contributed by atoms with Crippen molar-refractivity contribution >= 4 is 22.4 Å². The second-order valence-corrected chi connectivity index (χ2v) is 4.40.